The van der Waals surface area contributed by atoms with Crippen LogP contribution in [0.5, 0.6) is 0 Å². The van der Waals surface area contributed by atoms with Crippen LogP contribution in [0.25, 0.3) is 10.9 Å². The fourth-order valence-corrected chi connectivity index (χ4v) is 3.40. The molecule has 3 heterocycles. The highest BCUT2D eigenvalue weighted by molar-refractivity contribution is 5.95. The molecule has 24 heavy (non-hydrogen) atoms. The second-order valence-corrected chi connectivity index (χ2v) is 6.28. The molecule has 1 N–H and O–H groups in total. The standard InChI is InChI=1S/C19H20N4O/c1-22-9-6-15-11-18-14(10-17(15)22)4-3-8-23(18)13-19(24)21-16-5-2-7-20-12-16/h2,5-7,9-12H,3-4,8,13H2,1H3,(H,21,24). The molecule has 5 nitrogen and oxygen atoms in total. The van der Waals surface area contributed by atoms with Crippen molar-refractivity contribution in [2.24, 2.45) is 7.05 Å². The summed E-state index contributed by atoms with van der Waals surface area (Å²) >= 11 is 0. The lowest BCUT2D eigenvalue weighted by atomic mass is 10.00. The van der Waals surface area contributed by atoms with Crippen molar-refractivity contribution in [2.45, 2.75) is 12.8 Å². The molecule has 0 fully saturated rings. The lowest BCUT2D eigenvalue weighted by Crippen LogP contribution is -2.36. The first-order chi connectivity index (χ1) is 11.7. The number of nitrogens with zero attached hydrogens (tertiary/aromatic N) is 3. The number of aryl methyl sites for hydroxylation is 2. The zero-order valence-corrected chi connectivity index (χ0v) is 13.7. The molecule has 2 aromatic heterocycles. The summed E-state index contributed by atoms with van der Waals surface area (Å²) in [5.41, 5.74) is 4.49. The van der Waals surface area contributed by atoms with Crippen LogP contribution in [0.1, 0.15) is 12.0 Å². The van der Waals surface area contributed by atoms with Gasteiger partial charge in [-0.1, -0.05) is 0 Å². The smallest absolute Gasteiger partial charge is 0.243 e. The van der Waals surface area contributed by atoms with Crippen molar-refractivity contribution in [3.05, 3.63) is 54.5 Å². The minimum Gasteiger partial charge on any atom is -0.362 e. The number of fused-ring (bicyclic) bond motifs is 2. The van der Waals surface area contributed by atoms with Crippen LogP contribution in [0.4, 0.5) is 11.4 Å². The number of hydrogen-bond donors (Lipinski definition) is 1. The van der Waals surface area contributed by atoms with Crippen LogP contribution in [0, 0.1) is 0 Å². The van der Waals surface area contributed by atoms with E-state index in [-0.39, 0.29) is 5.91 Å². The number of benzene rings is 1. The summed E-state index contributed by atoms with van der Waals surface area (Å²) in [5.74, 6) is -0.0102. The fourth-order valence-electron chi connectivity index (χ4n) is 3.40. The van der Waals surface area contributed by atoms with E-state index in [9.17, 15) is 4.79 Å². The highest BCUT2D eigenvalue weighted by Gasteiger charge is 2.20. The van der Waals surface area contributed by atoms with Crippen LogP contribution in [-0.2, 0) is 18.3 Å². The van der Waals surface area contributed by atoms with Crippen molar-refractivity contribution >= 4 is 28.2 Å². The van der Waals surface area contributed by atoms with Gasteiger partial charge in [-0.25, -0.2) is 0 Å². The van der Waals surface area contributed by atoms with Gasteiger partial charge in [0.15, 0.2) is 0 Å². The molecule has 1 aliphatic rings. The highest BCUT2D eigenvalue weighted by atomic mass is 16.2. The van der Waals surface area contributed by atoms with E-state index in [0.29, 0.717) is 6.54 Å². The van der Waals surface area contributed by atoms with Gasteiger partial charge in [-0.05, 0) is 48.7 Å². The molecule has 0 atom stereocenters. The van der Waals surface area contributed by atoms with E-state index >= 15 is 0 Å². The summed E-state index contributed by atoms with van der Waals surface area (Å²) in [6, 6.07) is 10.3. The third-order valence-corrected chi connectivity index (χ3v) is 4.58. The molecule has 1 aromatic carbocycles. The van der Waals surface area contributed by atoms with Crippen molar-refractivity contribution in [3.8, 4) is 0 Å². The number of anilines is 2. The molecule has 0 aliphatic carbocycles. The Hall–Kier alpha value is -2.82. The van der Waals surface area contributed by atoms with Crippen LogP contribution >= 0.6 is 0 Å². The first kappa shape index (κ1) is 14.8. The van der Waals surface area contributed by atoms with E-state index in [1.807, 2.05) is 12.1 Å². The Balaban J connectivity index is 1.57. The zero-order chi connectivity index (χ0) is 16.5. The Bertz CT molecular complexity index is 885. The number of amides is 1. The van der Waals surface area contributed by atoms with Gasteiger partial charge in [0, 0.05) is 42.6 Å². The Kier molecular flexibility index (Phi) is 3.69. The molecule has 0 saturated carbocycles. The molecule has 0 unspecified atom stereocenters. The van der Waals surface area contributed by atoms with Crippen molar-refractivity contribution in [1.82, 2.24) is 9.55 Å². The molecule has 4 rings (SSSR count). The third-order valence-electron chi connectivity index (χ3n) is 4.58. The molecule has 122 valence electrons. The second-order valence-electron chi connectivity index (χ2n) is 6.28. The predicted octanol–water partition coefficient (Wildman–Crippen LogP) is 2.96. The summed E-state index contributed by atoms with van der Waals surface area (Å²) in [5, 5.41) is 4.13. The van der Waals surface area contributed by atoms with Gasteiger partial charge in [0.2, 0.25) is 5.91 Å². The number of carbonyl (C=O) groups is 1. The van der Waals surface area contributed by atoms with Crippen LogP contribution < -0.4 is 10.2 Å². The number of rotatable bonds is 3. The van der Waals surface area contributed by atoms with Crippen molar-refractivity contribution < 1.29 is 4.79 Å². The molecular weight excluding hydrogens is 300 g/mol. The summed E-state index contributed by atoms with van der Waals surface area (Å²) in [4.78, 5) is 18.6. The number of pyridine rings is 1. The van der Waals surface area contributed by atoms with Gasteiger partial charge in [-0.3, -0.25) is 9.78 Å². The first-order valence-electron chi connectivity index (χ1n) is 8.23. The summed E-state index contributed by atoms with van der Waals surface area (Å²) in [7, 11) is 2.07. The van der Waals surface area contributed by atoms with Crippen molar-refractivity contribution in [3.63, 3.8) is 0 Å². The molecule has 1 amide bonds. The monoisotopic (exact) mass is 320 g/mol. The maximum atomic E-state index is 12.4. The number of carbonyl (C=O) groups excluding carboxylic acids is 1. The van der Waals surface area contributed by atoms with Gasteiger partial charge < -0.3 is 14.8 Å². The molecular formula is C19H20N4O. The highest BCUT2D eigenvalue weighted by Crippen LogP contribution is 2.31. The molecule has 0 radical (unpaired) electrons. The Morgan fingerprint density at radius 2 is 2.25 bits per heavy atom. The van der Waals surface area contributed by atoms with E-state index in [2.05, 4.69) is 51.2 Å². The van der Waals surface area contributed by atoms with Crippen LogP contribution in [0.15, 0.2) is 48.9 Å². The minimum absolute atomic E-state index is 0.0102. The SMILES string of the molecule is Cn1ccc2cc3c(cc21)CCCN3CC(=O)Nc1cccnc1. The van der Waals surface area contributed by atoms with E-state index in [0.717, 1.165) is 25.1 Å². The molecule has 0 spiro atoms. The lowest BCUT2D eigenvalue weighted by molar-refractivity contribution is -0.115. The topological polar surface area (TPSA) is 50.2 Å². The summed E-state index contributed by atoms with van der Waals surface area (Å²) in [6.45, 7) is 1.27. The predicted molar refractivity (Wildman–Crippen MR) is 96.3 cm³/mol. The van der Waals surface area contributed by atoms with Gasteiger partial charge >= 0.3 is 0 Å². The number of nitrogens with one attached hydrogen (secondary N) is 1. The number of hydrogen-bond acceptors (Lipinski definition) is 3. The lowest BCUT2D eigenvalue weighted by Gasteiger charge is -2.31. The summed E-state index contributed by atoms with van der Waals surface area (Å²) < 4.78 is 2.14. The van der Waals surface area contributed by atoms with Crippen LogP contribution in [0.2, 0.25) is 0 Å². The molecule has 5 heteroatoms. The third kappa shape index (κ3) is 2.73. The van der Waals surface area contributed by atoms with Crippen LogP contribution in [0.3, 0.4) is 0 Å². The van der Waals surface area contributed by atoms with E-state index < -0.39 is 0 Å². The van der Waals surface area contributed by atoms with Crippen molar-refractivity contribution in [1.29, 1.82) is 0 Å². The average Bonchev–Trinajstić information content (AvgIpc) is 2.95. The Morgan fingerprint density at radius 3 is 3.08 bits per heavy atom. The van der Waals surface area contributed by atoms with E-state index in [4.69, 9.17) is 0 Å². The van der Waals surface area contributed by atoms with Gasteiger partial charge in [0.05, 0.1) is 18.4 Å². The number of aromatic nitrogens is 2. The Labute approximate surface area is 140 Å². The molecule has 0 bridgehead atoms. The van der Waals surface area contributed by atoms with Gasteiger partial charge in [0.25, 0.3) is 0 Å². The fraction of sp³-hybridized carbons (Fsp3) is 0.263. The maximum absolute atomic E-state index is 12.4. The van der Waals surface area contributed by atoms with Crippen molar-refractivity contribution in [2.75, 3.05) is 23.3 Å². The van der Waals surface area contributed by atoms with E-state index in [1.54, 1.807) is 12.4 Å². The quantitative estimate of drug-likeness (QED) is 0.807. The molecule has 1 aliphatic heterocycles. The summed E-state index contributed by atoms with van der Waals surface area (Å²) in [6.07, 6.45) is 7.58. The van der Waals surface area contributed by atoms with Crippen LogP contribution in [-0.4, -0.2) is 28.5 Å². The largest absolute Gasteiger partial charge is 0.362 e. The molecule has 3 aromatic rings. The average molecular weight is 320 g/mol. The van der Waals surface area contributed by atoms with Gasteiger partial charge in [-0.15, -0.1) is 0 Å². The maximum Gasteiger partial charge on any atom is 0.243 e. The first-order valence-corrected chi connectivity index (χ1v) is 8.23. The zero-order valence-electron chi connectivity index (χ0n) is 13.7. The Morgan fingerprint density at radius 1 is 1.33 bits per heavy atom. The second kappa shape index (κ2) is 6.00. The van der Waals surface area contributed by atoms with Gasteiger partial charge in [-0.2, -0.15) is 0 Å². The normalized spacial score (nSPS) is 13.8. The molecule has 0 saturated heterocycles. The van der Waals surface area contributed by atoms with Gasteiger partial charge in [0.1, 0.15) is 0 Å². The van der Waals surface area contributed by atoms with E-state index in [1.165, 1.54) is 22.2 Å². The minimum atomic E-state index is -0.0102.